The van der Waals surface area contributed by atoms with Gasteiger partial charge in [-0.25, -0.2) is 4.79 Å². The third-order valence-corrected chi connectivity index (χ3v) is 5.18. The Morgan fingerprint density at radius 1 is 0.903 bits per heavy atom. The van der Waals surface area contributed by atoms with Crippen molar-refractivity contribution in [1.82, 2.24) is 9.78 Å². The van der Waals surface area contributed by atoms with E-state index in [0.29, 0.717) is 35.1 Å². The number of ether oxygens (including phenoxy) is 1. The van der Waals surface area contributed by atoms with Crippen molar-refractivity contribution in [3.8, 4) is 11.4 Å². The van der Waals surface area contributed by atoms with Crippen molar-refractivity contribution in [2.45, 2.75) is 12.8 Å². The Labute approximate surface area is 176 Å². The number of nitrogens with zero attached hydrogens (tertiary/aromatic N) is 2. The van der Waals surface area contributed by atoms with Gasteiger partial charge in [-0.15, -0.1) is 0 Å². The van der Waals surface area contributed by atoms with Gasteiger partial charge in [0.1, 0.15) is 5.75 Å². The standard InChI is InChI=1S/C24H17N3O4/c28-21-13-10-15-14-17(11-12-20(15)25-21)31-24(30)22-18-8-4-5-9-19(18)23(29)27(26-22)16-6-2-1-3-7-16/h1-9,11-12,14H,10,13H2,(H,25,28). The number of rotatable bonds is 3. The Hall–Kier alpha value is -4.26. The first-order chi connectivity index (χ1) is 15.1. The summed E-state index contributed by atoms with van der Waals surface area (Å²) in [5.74, 6) is -0.347. The third kappa shape index (κ3) is 3.46. The summed E-state index contributed by atoms with van der Waals surface area (Å²) in [5.41, 5.74) is 1.90. The minimum absolute atomic E-state index is 0.0314. The van der Waals surface area contributed by atoms with Crippen LogP contribution >= 0.6 is 0 Å². The molecule has 3 aromatic carbocycles. The lowest BCUT2D eigenvalue weighted by atomic mass is 10.0. The van der Waals surface area contributed by atoms with E-state index < -0.39 is 5.97 Å². The molecule has 0 radical (unpaired) electrons. The van der Waals surface area contributed by atoms with Gasteiger partial charge in [0, 0.05) is 17.5 Å². The number of benzene rings is 3. The van der Waals surface area contributed by atoms with Gasteiger partial charge in [-0.05, 0) is 48.4 Å². The van der Waals surface area contributed by atoms with E-state index in [-0.39, 0.29) is 17.2 Å². The van der Waals surface area contributed by atoms with Gasteiger partial charge in [0.2, 0.25) is 5.91 Å². The summed E-state index contributed by atoms with van der Waals surface area (Å²) in [5, 5.41) is 7.94. The maximum Gasteiger partial charge on any atom is 0.364 e. The molecule has 1 aromatic heterocycles. The second-order valence-corrected chi connectivity index (χ2v) is 7.20. The summed E-state index contributed by atoms with van der Waals surface area (Å²) in [7, 11) is 0. The smallest absolute Gasteiger partial charge is 0.364 e. The van der Waals surface area contributed by atoms with Crippen molar-refractivity contribution in [2.24, 2.45) is 0 Å². The van der Waals surface area contributed by atoms with Gasteiger partial charge in [-0.1, -0.05) is 36.4 Å². The van der Waals surface area contributed by atoms with E-state index in [1.165, 1.54) is 4.68 Å². The average Bonchev–Trinajstić information content (AvgIpc) is 2.80. The lowest BCUT2D eigenvalue weighted by Gasteiger charge is -2.17. The molecule has 0 saturated heterocycles. The molecule has 1 aliphatic heterocycles. The molecule has 31 heavy (non-hydrogen) atoms. The Kier molecular flexibility index (Phi) is 4.55. The number of hydrogen-bond acceptors (Lipinski definition) is 5. The summed E-state index contributed by atoms with van der Waals surface area (Å²) < 4.78 is 6.81. The Morgan fingerprint density at radius 3 is 2.45 bits per heavy atom. The van der Waals surface area contributed by atoms with Crippen molar-refractivity contribution in [3.05, 3.63) is 94.4 Å². The van der Waals surface area contributed by atoms with Crippen molar-refractivity contribution < 1.29 is 14.3 Å². The first kappa shape index (κ1) is 18.7. The van der Waals surface area contributed by atoms with Crippen LogP contribution in [-0.2, 0) is 11.2 Å². The molecule has 0 bridgehead atoms. The quantitative estimate of drug-likeness (QED) is 0.412. The highest BCUT2D eigenvalue weighted by Crippen LogP contribution is 2.27. The van der Waals surface area contributed by atoms with Gasteiger partial charge in [-0.3, -0.25) is 9.59 Å². The van der Waals surface area contributed by atoms with Crippen LogP contribution in [0.5, 0.6) is 5.75 Å². The lowest BCUT2D eigenvalue weighted by molar-refractivity contribution is -0.116. The van der Waals surface area contributed by atoms with Crippen LogP contribution in [0.15, 0.2) is 77.6 Å². The number of esters is 1. The fourth-order valence-corrected chi connectivity index (χ4v) is 3.66. The van der Waals surface area contributed by atoms with Crippen LogP contribution in [-0.4, -0.2) is 21.7 Å². The molecule has 0 spiro atoms. The zero-order chi connectivity index (χ0) is 21.4. The molecule has 7 nitrogen and oxygen atoms in total. The fraction of sp³-hybridized carbons (Fsp3) is 0.0833. The Bertz CT molecular complexity index is 1390. The van der Waals surface area contributed by atoms with E-state index in [0.717, 1.165) is 11.3 Å². The molecule has 0 saturated carbocycles. The molecule has 152 valence electrons. The van der Waals surface area contributed by atoms with E-state index in [1.807, 2.05) is 6.07 Å². The van der Waals surface area contributed by atoms with E-state index in [9.17, 15) is 14.4 Å². The van der Waals surface area contributed by atoms with Crippen LogP contribution in [0.4, 0.5) is 5.69 Å². The summed E-state index contributed by atoms with van der Waals surface area (Å²) >= 11 is 0. The van der Waals surface area contributed by atoms with Crippen molar-refractivity contribution in [1.29, 1.82) is 0 Å². The largest absolute Gasteiger partial charge is 0.422 e. The number of anilines is 1. The number of fused-ring (bicyclic) bond motifs is 2. The molecule has 0 atom stereocenters. The van der Waals surface area contributed by atoms with Crippen molar-refractivity contribution in [2.75, 3.05) is 5.32 Å². The van der Waals surface area contributed by atoms with Crippen molar-refractivity contribution in [3.63, 3.8) is 0 Å². The highest BCUT2D eigenvalue weighted by atomic mass is 16.5. The van der Waals surface area contributed by atoms with Crippen LogP contribution in [0.3, 0.4) is 0 Å². The van der Waals surface area contributed by atoms with Gasteiger partial charge < -0.3 is 10.1 Å². The van der Waals surface area contributed by atoms with Crippen molar-refractivity contribution >= 4 is 28.3 Å². The van der Waals surface area contributed by atoms with Crippen LogP contribution in [0.25, 0.3) is 16.5 Å². The molecule has 1 aliphatic rings. The zero-order valence-corrected chi connectivity index (χ0v) is 16.4. The molecule has 1 N–H and O–H groups in total. The molecular weight excluding hydrogens is 394 g/mol. The second kappa shape index (κ2) is 7.53. The van der Waals surface area contributed by atoms with Gasteiger partial charge in [0.25, 0.3) is 5.56 Å². The highest BCUT2D eigenvalue weighted by Gasteiger charge is 2.21. The van der Waals surface area contributed by atoms with Crippen LogP contribution in [0.1, 0.15) is 22.5 Å². The first-order valence-electron chi connectivity index (χ1n) is 9.82. The Balaban J connectivity index is 1.57. The predicted octanol–water partition coefficient (Wildman–Crippen LogP) is 3.49. The Morgan fingerprint density at radius 2 is 1.65 bits per heavy atom. The van der Waals surface area contributed by atoms with E-state index >= 15 is 0 Å². The van der Waals surface area contributed by atoms with Gasteiger partial charge in [-0.2, -0.15) is 9.78 Å². The number of hydrogen-bond donors (Lipinski definition) is 1. The van der Waals surface area contributed by atoms with Crippen LogP contribution in [0, 0.1) is 0 Å². The fourth-order valence-electron chi connectivity index (χ4n) is 3.66. The lowest BCUT2D eigenvalue weighted by Crippen LogP contribution is -2.26. The third-order valence-electron chi connectivity index (χ3n) is 5.18. The number of carbonyl (C=O) groups is 2. The van der Waals surface area contributed by atoms with Crippen LogP contribution < -0.4 is 15.6 Å². The van der Waals surface area contributed by atoms with Gasteiger partial charge in [0.05, 0.1) is 11.1 Å². The molecule has 2 heterocycles. The average molecular weight is 411 g/mol. The first-order valence-corrected chi connectivity index (χ1v) is 9.82. The highest BCUT2D eigenvalue weighted by molar-refractivity contribution is 6.03. The number of amides is 1. The number of aromatic nitrogens is 2. The second-order valence-electron chi connectivity index (χ2n) is 7.20. The summed E-state index contributed by atoms with van der Waals surface area (Å²) in [6.07, 6.45) is 0.964. The maximum absolute atomic E-state index is 13.1. The topological polar surface area (TPSA) is 90.3 Å². The normalized spacial score (nSPS) is 12.8. The van der Waals surface area contributed by atoms with Crippen LogP contribution in [0.2, 0.25) is 0 Å². The molecule has 5 rings (SSSR count). The van der Waals surface area contributed by atoms with Gasteiger partial charge >= 0.3 is 5.97 Å². The minimum atomic E-state index is -0.666. The predicted molar refractivity (Wildman–Crippen MR) is 116 cm³/mol. The molecule has 7 heteroatoms. The monoisotopic (exact) mass is 411 g/mol. The van der Waals surface area contributed by atoms with Gasteiger partial charge in [0.15, 0.2) is 5.69 Å². The molecule has 0 aliphatic carbocycles. The molecular formula is C24H17N3O4. The minimum Gasteiger partial charge on any atom is -0.422 e. The number of para-hydroxylation sites is 1. The van der Waals surface area contributed by atoms with E-state index in [2.05, 4.69) is 10.4 Å². The molecule has 0 unspecified atom stereocenters. The summed E-state index contributed by atoms with van der Waals surface area (Å²) in [4.78, 5) is 37.6. The number of nitrogens with one attached hydrogen (secondary N) is 1. The maximum atomic E-state index is 13.1. The van der Waals surface area contributed by atoms with E-state index in [4.69, 9.17) is 4.74 Å². The summed E-state index contributed by atoms with van der Waals surface area (Å²) in [6, 6.07) is 20.8. The summed E-state index contributed by atoms with van der Waals surface area (Å²) in [6.45, 7) is 0. The SMILES string of the molecule is O=C1CCc2cc(OC(=O)c3nn(-c4ccccc4)c(=O)c4ccccc34)ccc2N1. The van der Waals surface area contributed by atoms with E-state index in [1.54, 1.807) is 66.7 Å². The number of aryl methyl sites for hydroxylation is 1. The number of carbonyl (C=O) groups excluding carboxylic acids is 2. The molecule has 1 amide bonds. The molecule has 4 aromatic rings. The zero-order valence-electron chi connectivity index (χ0n) is 16.4. The molecule has 0 fully saturated rings.